The average Bonchev–Trinajstić information content (AvgIpc) is 2.87. The Kier molecular flexibility index (Phi) is 3.88. The van der Waals surface area contributed by atoms with E-state index >= 15 is 0 Å². The number of anilines is 1. The number of hydrogen-bond acceptors (Lipinski definition) is 6. The lowest BCUT2D eigenvalue weighted by Gasteiger charge is -2.03. The first kappa shape index (κ1) is 14.1. The van der Waals surface area contributed by atoms with Crippen molar-refractivity contribution >= 4 is 23.1 Å². The van der Waals surface area contributed by atoms with Crippen LogP contribution in [0, 0.1) is 20.2 Å². The molecule has 0 fully saturated rings. The minimum atomic E-state index is -0.662. The van der Waals surface area contributed by atoms with Gasteiger partial charge in [-0.25, -0.2) is 0 Å². The molecule has 0 atom stereocenters. The Morgan fingerprint density at radius 2 is 1.81 bits per heavy atom. The number of rotatable bonds is 5. The Labute approximate surface area is 117 Å². The largest absolute Gasteiger partial charge is 0.389 e. The molecule has 21 heavy (non-hydrogen) atoms. The van der Waals surface area contributed by atoms with Gasteiger partial charge in [-0.3, -0.25) is 14.9 Å². The summed E-state index contributed by atoms with van der Waals surface area (Å²) < 4.78 is 1.12. The van der Waals surface area contributed by atoms with Crippen LogP contribution < -0.4 is 5.32 Å². The van der Waals surface area contributed by atoms with Crippen LogP contribution in [0.1, 0.15) is 0 Å². The van der Waals surface area contributed by atoms with Gasteiger partial charge < -0.3 is 15.4 Å². The monoisotopic (exact) mass is 291 g/mol. The van der Waals surface area contributed by atoms with Crippen LogP contribution in [0.15, 0.2) is 36.5 Å². The molecule has 1 amide bonds. The molecule has 0 saturated heterocycles. The van der Waals surface area contributed by atoms with E-state index in [0.717, 1.165) is 4.68 Å². The molecule has 1 N–H and O–H groups in total. The molecule has 0 aliphatic heterocycles. The fourth-order valence-electron chi connectivity index (χ4n) is 1.55. The molecular formula is C11H9N5O5. The van der Waals surface area contributed by atoms with Crippen molar-refractivity contribution in [2.24, 2.45) is 0 Å². The van der Waals surface area contributed by atoms with E-state index in [4.69, 9.17) is 0 Å². The number of non-ortho nitro benzene ring substituents is 1. The van der Waals surface area contributed by atoms with Crippen molar-refractivity contribution in [2.45, 2.75) is 6.54 Å². The van der Waals surface area contributed by atoms with Crippen molar-refractivity contribution < 1.29 is 14.6 Å². The Hall–Kier alpha value is -3.30. The molecule has 108 valence electrons. The van der Waals surface area contributed by atoms with Crippen LogP contribution in [0.4, 0.5) is 17.2 Å². The van der Waals surface area contributed by atoms with E-state index in [0.29, 0.717) is 5.69 Å². The van der Waals surface area contributed by atoms with Gasteiger partial charge in [-0.2, -0.15) is 4.68 Å². The van der Waals surface area contributed by atoms with Gasteiger partial charge in [0.25, 0.3) is 5.69 Å². The van der Waals surface area contributed by atoms with E-state index in [-0.39, 0.29) is 18.1 Å². The third-order valence-electron chi connectivity index (χ3n) is 2.48. The normalized spacial score (nSPS) is 10.1. The second-order valence-electron chi connectivity index (χ2n) is 3.98. The summed E-state index contributed by atoms with van der Waals surface area (Å²) in [6, 6.07) is 6.48. The minimum absolute atomic E-state index is 0.0873. The van der Waals surface area contributed by atoms with Crippen LogP contribution in [0.3, 0.4) is 0 Å². The topological polar surface area (TPSA) is 133 Å². The Balaban J connectivity index is 1.97. The van der Waals surface area contributed by atoms with Gasteiger partial charge in [0.05, 0.1) is 22.3 Å². The van der Waals surface area contributed by atoms with Crippen molar-refractivity contribution in [3.05, 3.63) is 56.8 Å². The fraction of sp³-hybridized carbons (Fsp3) is 0.0909. The molecule has 2 aromatic rings. The standard InChI is InChI=1S/C11H9N5O5/c17-11(7-14-6-5-10(13-14)16(20)21)12-8-1-3-9(4-2-8)15(18)19/h1-6H,7H2,(H,12,17). The van der Waals surface area contributed by atoms with Gasteiger partial charge in [0.1, 0.15) is 6.54 Å². The average molecular weight is 291 g/mol. The molecular weight excluding hydrogens is 282 g/mol. The van der Waals surface area contributed by atoms with Gasteiger partial charge >= 0.3 is 5.82 Å². The lowest BCUT2D eigenvalue weighted by molar-refractivity contribution is -0.389. The van der Waals surface area contributed by atoms with E-state index in [1.54, 1.807) is 0 Å². The minimum Gasteiger partial charge on any atom is -0.358 e. The van der Waals surface area contributed by atoms with Crippen LogP contribution in [-0.4, -0.2) is 25.5 Å². The van der Waals surface area contributed by atoms with Crippen molar-refractivity contribution in [3.63, 3.8) is 0 Å². The number of nitrogens with one attached hydrogen (secondary N) is 1. The van der Waals surface area contributed by atoms with Crippen LogP contribution in [0.2, 0.25) is 0 Å². The molecule has 1 aromatic carbocycles. The second kappa shape index (κ2) is 5.77. The van der Waals surface area contributed by atoms with Gasteiger partial charge in [0.15, 0.2) is 0 Å². The lowest BCUT2D eigenvalue weighted by atomic mass is 10.3. The molecule has 10 heteroatoms. The number of amides is 1. The molecule has 0 radical (unpaired) electrons. The molecule has 0 unspecified atom stereocenters. The summed E-state index contributed by atoms with van der Waals surface area (Å²) >= 11 is 0. The zero-order valence-electron chi connectivity index (χ0n) is 10.5. The van der Waals surface area contributed by atoms with Crippen LogP contribution >= 0.6 is 0 Å². The predicted octanol–water partition coefficient (Wildman–Crippen LogP) is 1.34. The van der Waals surface area contributed by atoms with E-state index in [2.05, 4.69) is 10.4 Å². The molecule has 0 aliphatic carbocycles. The summed E-state index contributed by atoms with van der Waals surface area (Å²) in [5, 5.41) is 27.0. The molecule has 10 nitrogen and oxygen atoms in total. The first-order valence-electron chi connectivity index (χ1n) is 5.68. The molecule has 0 saturated carbocycles. The molecule has 0 bridgehead atoms. The first-order chi connectivity index (χ1) is 9.95. The summed E-state index contributed by atoms with van der Waals surface area (Å²) in [6.07, 6.45) is 1.31. The maximum absolute atomic E-state index is 11.7. The quantitative estimate of drug-likeness (QED) is 0.652. The summed E-state index contributed by atoms with van der Waals surface area (Å²) in [6.45, 7) is -0.204. The summed E-state index contributed by atoms with van der Waals surface area (Å²) in [5.74, 6) is -0.806. The highest BCUT2D eigenvalue weighted by atomic mass is 16.6. The SMILES string of the molecule is O=C(Cn1ccc([N+](=O)[O-])n1)Nc1ccc([N+](=O)[O-])cc1. The van der Waals surface area contributed by atoms with Crippen molar-refractivity contribution in [1.29, 1.82) is 0 Å². The molecule has 0 spiro atoms. The van der Waals surface area contributed by atoms with Gasteiger partial charge in [-0.05, 0) is 17.1 Å². The second-order valence-corrected chi connectivity index (χ2v) is 3.98. The van der Waals surface area contributed by atoms with Crippen LogP contribution in [-0.2, 0) is 11.3 Å². The highest BCUT2D eigenvalue weighted by molar-refractivity contribution is 5.90. The van der Waals surface area contributed by atoms with E-state index in [1.165, 1.54) is 36.5 Å². The number of hydrogen-bond donors (Lipinski definition) is 1. The Bertz CT molecular complexity index is 693. The third-order valence-corrected chi connectivity index (χ3v) is 2.48. The molecule has 2 rings (SSSR count). The zero-order chi connectivity index (χ0) is 15.4. The van der Waals surface area contributed by atoms with Crippen LogP contribution in [0.5, 0.6) is 0 Å². The molecule has 1 aromatic heterocycles. The van der Waals surface area contributed by atoms with Crippen molar-refractivity contribution in [3.8, 4) is 0 Å². The summed E-state index contributed by atoms with van der Waals surface area (Å²) in [4.78, 5) is 31.4. The summed E-state index contributed by atoms with van der Waals surface area (Å²) in [5.41, 5.74) is 0.294. The third kappa shape index (κ3) is 3.59. The van der Waals surface area contributed by atoms with E-state index < -0.39 is 15.8 Å². The number of aromatic nitrogens is 2. The van der Waals surface area contributed by atoms with Crippen molar-refractivity contribution in [1.82, 2.24) is 9.78 Å². The number of nitro benzene ring substituents is 1. The lowest BCUT2D eigenvalue weighted by Crippen LogP contribution is -2.19. The maximum Gasteiger partial charge on any atom is 0.389 e. The van der Waals surface area contributed by atoms with E-state index in [1.807, 2.05) is 0 Å². The number of benzene rings is 1. The van der Waals surface area contributed by atoms with Crippen molar-refractivity contribution in [2.75, 3.05) is 5.32 Å². The highest BCUT2D eigenvalue weighted by Crippen LogP contribution is 2.15. The molecule has 1 heterocycles. The predicted molar refractivity (Wildman–Crippen MR) is 70.6 cm³/mol. The number of carbonyl (C=O) groups is 1. The summed E-state index contributed by atoms with van der Waals surface area (Å²) in [7, 11) is 0. The number of nitrogens with zero attached hydrogens (tertiary/aromatic N) is 4. The van der Waals surface area contributed by atoms with Gasteiger partial charge in [-0.1, -0.05) is 0 Å². The maximum atomic E-state index is 11.7. The first-order valence-corrected chi connectivity index (χ1v) is 5.68. The van der Waals surface area contributed by atoms with Crippen LogP contribution in [0.25, 0.3) is 0 Å². The fourth-order valence-corrected chi connectivity index (χ4v) is 1.55. The Morgan fingerprint density at radius 1 is 1.14 bits per heavy atom. The zero-order valence-corrected chi connectivity index (χ0v) is 10.5. The number of carbonyl (C=O) groups excluding carboxylic acids is 1. The molecule has 0 aliphatic rings. The van der Waals surface area contributed by atoms with Gasteiger partial charge in [0, 0.05) is 17.8 Å². The van der Waals surface area contributed by atoms with E-state index in [9.17, 15) is 25.0 Å². The highest BCUT2D eigenvalue weighted by Gasteiger charge is 2.13. The Morgan fingerprint density at radius 3 is 2.33 bits per heavy atom. The van der Waals surface area contributed by atoms with Gasteiger partial charge in [-0.15, -0.1) is 0 Å². The smallest absolute Gasteiger partial charge is 0.358 e. The number of nitro groups is 2. The van der Waals surface area contributed by atoms with Gasteiger partial charge in [0.2, 0.25) is 5.91 Å².